The van der Waals surface area contributed by atoms with E-state index in [1.54, 1.807) is 30.3 Å². The maximum absolute atomic E-state index is 13.3. The topological polar surface area (TPSA) is 141 Å². The molecule has 10 atom stereocenters. The van der Waals surface area contributed by atoms with Gasteiger partial charge in [-0.1, -0.05) is 18.2 Å². The Kier molecular flexibility index (Phi) is 4.53. The highest BCUT2D eigenvalue weighted by Gasteiger charge is 2.88. The molecule has 10 nitrogen and oxygen atoms in total. The van der Waals surface area contributed by atoms with E-state index in [1.807, 2.05) is 6.92 Å². The van der Waals surface area contributed by atoms with Crippen LogP contribution in [0.4, 0.5) is 0 Å². The van der Waals surface area contributed by atoms with Crippen molar-refractivity contribution >= 4 is 11.9 Å². The normalized spacial score (nSPS) is 49.3. The smallest absolute Gasteiger partial charge is 0.338 e. The summed E-state index contributed by atoms with van der Waals surface area (Å²) in [4.78, 5) is 26.0. The molecule has 3 aliphatic carbocycles. The fraction of sp³-hybridized carbons (Fsp3) is 0.652. The third-order valence-electron chi connectivity index (χ3n) is 8.31. The Morgan fingerprint density at radius 3 is 2.64 bits per heavy atom. The summed E-state index contributed by atoms with van der Waals surface area (Å²) in [6.45, 7) is 1.09. The molecule has 33 heavy (non-hydrogen) atoms. The molecule has 7 rings (SSSR count). The minimum absolute atomic E-state index is 0.254. The van der Waals surface area contributed by atoms with Crippen molar-refractivity contribution in [3.8, 4) is 0 Å². The zero-order chi connectivity index (χ0) is 23.2. The Hall–Kier alpha value is -2.08. The summed E-state index contributed by atoms with van der Waals surface area (Å²) in [5.41, 5.74) is -2.95. The number of esters is 2. The monoisotopic (exact) mass is 462 g/mol. The summed E-state index contributed by atoms with van der Waals surface area (Å²) in [6, 6.07) is 8.47. The van der Waals surface area contributed by atoms with Crippen molar-refractivity contribution in [2.45, 2.75) is 67.8 Å². The molecule has 6 fully saturated rings. The van der Waals surface area contributed by atoms with Crippen LogP contribution in [0.5, 0.6) is 0 Å². The van der Waals surface area contributed by atoms with Gasteiger partial charge in [-0.25, -0.2) is 4.79 Å². The molecule has 6 aliphatic rings. The first-order valence-electron chi connectivity index (χ1n) is 11.2. The number of benzene rings is 1. The number of fused-ring (bicyclic) bond motifs is 1. The number of carbonyl (C=O) groups excluding carboxylic acids is 2. The van der Waals surface area contributed by atoms with Gasteiger partial charge < -0.3 is 39.0 Å². The summed E-state index contributed by atoms with van der Waals surface area (Å²) in [5.74, 6) is -1.35. The van der Waals surface area contributed by atoms with Crippen molar-refractivity contribution in [3.63, 3.8) is 0 Å². The Bertz CT molecular complexity index is 985. The minimum Gasteiger partial charge on any atom is -0.461 e. The molecule has 3 N–H and O–H groups in total. The first-order valence-corrected chi connectivity index (χ1v) is 11.2. The fourth-order valence-corrected chi connectivity index (χ4v) is 6.59. The Morgan fingerprint density at radius 1 is 1.15 bits per heavy atom. The minimum atomic E-state index is -1.40. The van der Waals surface area contributed by atoms with Crippen LogP contribution in [-0.4, -0.2) is 88.5 Å². The van der Waals surface area contributed by atoms with Gasteiger partial charge in [-0.15, -0.1) is 0 Å². The third kappa shape index (κ3) is 2.59. The first-order chi connectivity index (χ1) is 15.8. The van der Waals surface area contributed by atoms with Crippen molar-refractivity contribution < 1.29 is 48.6 Å². The van der Waals surface area contributed by atoms with Crippen molar-refractivity contribution in [2.24, 2.45) is 11.3 Å². The molecule has 3 saturated heterocycles. The summed E-state index contributed by atoms with van der Waals surface area (Å²) < 4.78 is 29.7. The zero-order valence-corrected chi connectivity index (χ0v) is 18.0. The predicted molar refractivity (Wildman–Crippen MR) is 107 cm³/mol. The lowest BCUT2D eigenvalue weighted by molar-refractivity contribution is -0.442. The van der Waals surface area contributed by atoms with Crippen molar-refractivity contribution in [1.82, 2.24) is 0 Å². The standard InChI is InChI=1S/C23H26O10/c1-21-8-14-23(32-17-16(26)15(25)12(9-24)30-19(17)31-14)7-13(21)22(23,20(28)33-21)10-29-18(27)11-5-3-2-4-6-11/h2-6,12-17,19,24-26H,7-10H2,1H3/t12-,13?,14?,15-,16-,17-,19?,21?,22?,23?/m1/s1. The number of rotatable bonds is 4. The second-order valence-corrected chi connectivity index (χ2v) is 9.88. The van der Waals surface area contributed by atoms with Gasteiger partial charge in [-0.05, 0) is 25.5 Å². The number of carbonyl (C=O) groups is 2. The predicted octanol–water partition coefficient (Wildman–Crippen LogP) is -0.469. The summed E-state index contributed by atoms with van der Waals surface area (Å²) in [7, 11) is 0. The van der Waals surface area contributed by atoms with E-state index in [2.05, 4.69) is 0 Å². The van der Waals surface area contributed by atoms with Crippen LogP contribution in [0.1, 0.15) is 30.1 Å². The number of hydrogen-bond donors (Lipinski definition) is 3. The first kappa shape index (κ1) is 21.5. The molecule has 0 amide bonds. The lowest BCUT2D eigenvalue weighted by Gasteiger charge is -2.69. The summed E-state index contributed by atoms with van der Waals surface area (Å²) in [6.07, 6.45) is -5.79. The van der Waals surface area contributed by atoms with Gasteiger partial charge in [-0.3, -0.25) is 4.79 Å². The van der Waals surface area contributed by atoms with Crippen molar-refractivity contribution in [1.29, 1.82) is 0 Å². The van der Waals surface area contributed by atoms with E-state index < -0.39 is 72.0 Å². The number of aliphatic hydroxyl groups is 3. The van der Waals surface area contributed by atoms with E-state index in [9.17, 15) is 24.9 Å². The molecule has 3 saturated carbocycles. The van der Waals surface area contributed by atoms with Gasteiger partial charge in [0.15, 0.2) is 6.29 Å². The highest BCUT2D eigenvalue weighted by molar-refractivity contribution is 5.90. The average Bonchev–Trinajstić information content (AvgIpc) is 2.94. The highest BCUT2D eigenvalue weighted by Crippen LogP contribution is 2.74. The number of ether oxygens (including phenoxy) is 5. The Morgan fingerprint density at radius 2 is 1.91 bits per heavy atom. The summed E-state index contributed by atoms with van der Waals surface area (Å²) in [5, 5.41) is 30.5. The molecule has 6 unspecified atom stereocenters. The summed E-state index contributed by atoms with van der Waals surface area (Å²) >= 11 is 0. The molecule has 1 spiro atoms. The second-order valence-electron chi connectivity index (χ2n) is 9.88. The van der Waals surface area contributed by atoms with Crippen molar-refractivity contribution in [2.75, 3.05) is 13.2 Å². The fourth-order valence-electron chi connectivity index (χ4n) is 6.59. The van der Waals surface area contributed by atoms with Gasteiger partial charge in [-0.2, -0.15) is 0 Å². The molecule has 1 aromatic carbocycles. The second kappa shape index (κ2) is 6.97. The molecule has 0 aromatic heterocycles. The van der Waals surface area contributed by atoms with E-state index in [4.69, 9.17) is 23.7 Å². The van der Waals surface area contributed by atoms with Crippen LogP contribution in [0.3, 0.4) is 0 Å². The molecular formula is C23H26O10. The zero-order valence-electron chi connectivity index (χ0n) is 18.0. The van der Waals surface area contributed by atoms with Gasteiger partial charge in [0.05, 0.1) is 18.3 Å². The number of hydrogen-bond acceptors (Lipinski definition) is 10. The molecule has 3 heterocycles. The Labute approximate surface area is 189 Å². The van der Waals surface area contributed by atoms with Gasteiger partial charge in [0.25, 0.3) is 0 Å². The molecule has 10 heteroatoms. The van der Waals surface area contributed by atoms with Gasteiger partial charge in [0.1, 0.15) is 47.6 Å². The van der Waals surface area contributed by atoms with Crippen molar-refractivity contribution in [3.05, 3.63) is 35.9 Å². The van der Waals surface area contributed by atoms with Crippen LogP contribution in [0.15, 0.2) is 30.3 Å². The molecular weight excluding hydrogens is 436 g/mol. The van der Waals surface area contributed by atoms with Gasteiger partial charge >= 0.3 is 11.9 Å². The van der Waals surface area contributed by atoms with Crippen LogP contribution in [0.2, 0.25) is 0 Å². The molecule has 3 aliphatic heterocycles. The quantitative estimate of drug-likeness (QED) is 0.503. The maximum Gasteiger partial charge on any atom is 0.338 e. The lowest BCUT2D eigenvalue weighted by atomic mass is 9.40. The molecule has 0 radical (unpaired) electrons. The Balaban J connectivity index is 1.33. The van der Waals surface area contributed by atoms with Crippen LogP contribution in [0, 0.1) is 11.3 Å². The van der Waals surface area contributed by atoms with Crippen LogP contribution in [0.25, 0.3) is 0 Å². The highest BCUT2D eigenvalue weighted by atomic mass is 16.7. The van der Waals surface area contributed by atoms with E-state index >= 15 is 0 Å². The third-order valence-corrected chi connectivity index (χ3v) is 8.31. The SMILES string of the molecule is CC12CC3OC4O[C@H](CO)[C@@H](O)[C@@H](O)[C@H]4OC34CC1C4(COC(=O)c1ccccc1)C(=O)O2. The van der Waals surface area contributed by atoms with Crippen LogP contribution in [-0.2, 0) is 28.5 Å². The van der Waals surface area contributed by atoms with Gasteiger partial charge in [0, 0.05) is 12.3 Å². The van der Waals surface area contributed by atoms with E-state index in [-0.39, 0.29) is 12.5 Å². The van der Waals surface area contributed by atoms with Crippen LogP contribution >= 0.6 is 0 Å². The maximum atomic E-state index is 13.3. The van der Waals surface area contributed by atoms with Crippen LogP contribution < -0.4 is 0 Å². The number of aliphatic hydroxyl groups excluding tert-OH is 3. The molecule has 178 valence electrons. The van der Waals surface area contributed by atoms with E-state index in [1.165, 1.54) is 0 Å². The lowest BCUT2D eigenvalue weighted by Crippen LogP contribution is -2.83. The largest absolute Gasteiger partial charge is 0.461 e. The van der Waals surface area contributed by atoms with E-state index in [0.29, 0.717) is 18.4 Å². The molecule has 1 aromatic rings. The average molecular weight is 462 g/mol. The van der Waals surface area contributed by atoms with E-state index in [0.717, 1.165) is 0 Å². The molecule has 4 bridgehead atoms. The van der Waals surface area contributed by atoms with Gasteiger partial charge in [0.2, 0.25) is 0 Å².